The monoisotopic (exact) mass is 439 g/mol. The molecule has 3 N–H and O–H groups in total. The maximum atomic E-state index is 12.7. The number of anilines is 1. The van der Waals surface area contributed by atoms with Crippen LogP contribution in [0.2, 0.25) is 0 Å². The van der Waals surface area contributed by atoms with E-state index in [1.165, 1.54) is 0 Å². The maximum Gasteiger partial charge on any atom is 0.227 e. The Balaban J connectivity index is 1.46. The van der Waals surface area contributed by atoms with Crippen LogP contribution in [-0.2, 0) is 11.2 Å². The molecule has 7 heteroatoms. The number of carbonyl (C=O) groups excluding carboxylic acids is 1. The van der Waals surface area contributed by atoms with Gasteiger partial charge in [-0.2, -0.15) is 0 Å². The van der Waals surface area contributed by atoms with E-state index >= 15 is 0 Å². The number of amides is 1. The molecule has 6 nitrogen and oxygen atoms in total. The van der Waals surface area contributed by atoms with Crippen molar-refractivity contribution >= 4 is 38.7 Å². The molecule has 4 rings (SSSR count). The fourth-order valence-corrected chi connectivity index (χ4v) is 3.81. The largest absolute Gasteiger partial charge is 0.323 e. The minimum atomic E-state index is -0.413. The van der Waals surface area contributed by atoms with Crippen LogP contribution in [0.1, 0.15) is 18.2 Å². The van der Waals surface area contributed by atoms with E-state index in [0.717, 1.165) is 26.6 Å². The first kappa shape index (κ1) is 18.8. The zero-order valence-electron chi connectivity index (χ0n) is 15.7. The van der Waals surface area contributed by atoms with Crippen molar-refractivity contribution in [3.05, 3.63) is 64.3 Å². The minimum Gasteiger partial charge on any atom is -0.323 e. The lowest BCUT2D eigenvalue weighted by atomic mass is 9.91. The van der Waals surface area contributed by atoms with Crippen molar-refractivity contribution in [3.8, 4) is 0 Å². The third-order valence-electron chi connectivity index (χ3n) is 5.09. The van der Waals surface area contributed by atoms with Gasteiger partial charge in [0, 0.05) is 15.9 Å². The van der Waals surface area contributed by atoms with Crippen molar-refractivity contribution in [2.75, 3.05) is 5.32 Å². The molecule has 3 atom stereocenters. The molecular formula is C21H22BrN5O. The minimum absolute atomic E-state index is 0.0106. The second kappa shape index (κ2) is 7.85. The van der Waals surface area contributed by atoms with Crippen molar-refractivity contribution < 1.29 is 4.79 Å². The molecule has 1 aliphatic heterocycles. The van der Waals surface area contributed by atoms with Crippen LogP contribution in [0, 0.1) is 12.8 Å². The normalized spacial score (nSPS) is 22.1. The molecule has 2 heterocycles. The van der Waals surface area contributed by atoms with Gasteiger partial charge in [0.2, 0.25) is 11.9 Å². The Morgan fingerprint density at radius 3 is 2.61 bits per heavy atom. The second-order valence-electron chi connectivity index (χ2n) is 7.13. The van der Waals surface area contributed by atoms with E-state index in [1.54, 1.807) is 0 Å². The highest BCUT2D eigenvalue weighted by molar-refractivity contribution is 9.10. The summed E-state index contributed by atoms with van der Waals surface area (Å²) in [5, 5.41) is 10.6. The number of nitrogens with one attached hydrogen (secondary N) is 3. The van der Waals surface area contributed by atoms with Gasteiger partial charge in [-0.05, 0) is 44.0 Å². The van der Waals surface area contributed by atoms with Gasteiger partial charge in [0.15, 0.2) is 6.29 Å². The van der Waals surface area contributed by atoms with Crippen molar-refractivity contribution in [1.29, 1.82) is 0 Å². The Kier molecular flexibility index (Phi) is 5.28. The molecule has 0 aliphatic carbocycles. The van der Waals surface area contributed by atoms with E-state index in [2.05, 4.69) is 41.8 Å². The molecule has 144 valence electrons. The number of aromatic nitrogens is 2. The summed E-state index contributed by atoms with van der Waals surface area (Å²) in [5.41, 5.74) is 2.91. The average Bonchev–Trinajstić information content (AvgIpc) is 2.66. The van der Waals surface area contributed by atoms with Crippen LogP contribution < -0.4 is 16.0 Å². The molecule has 28 heavy (non-hydrogen) atoms. The van der Waals surface area contributed by atoms with Crippen molar-refractivity contribution in [3.63, 3.8) is 0 Å². The van der Waals surface area contributed by atoms with Gasteiger partial charge < -0.3 is 10.6 Å². The Morgan fingerprint density at radius 1 is 1.11 bits per heavy atom. The van der Waals surface area contributed by atoms with Gasteiger partial charge in [0.25, 0.3) is 0 Å². The molecule has 0 radical (unpaired) electrons. The number of nitrogens with zero attached hydrogens (tertiary/aromatic N) is 2. The number of halogens is 1. The number of aryl methyl sites for hydroxylation is 1. The van der Waals surface area contributed by atoms with E-state index in [0.29, 0.717) is 12.4 Å². The molecular weight excluding hydrogens is 418 g/mol. The Bertz CT molecular complexity index is 1010. The van der Waals surface area contributed by atoms with E-state index in [1.807, 2.05) is 62.4 Å². The number of fused-ring (bicyclic) bond motifs is 1. The van der Waals surface area contributed by atoms with E-state index in [9.17, 15) is 4.79 Å². The average molecular weight is 440 g/mol. The summed E-state index contributed by atoms with van der Waals surface area (Å²) in [7, 11) is 0. The van der Waals surface area contributed by atoms with Crippen LogP contribution in [0.4, 0.5) is 5.95 Å². The van der Waals surface area contributed by atoms with Gasteiger partial charge in [-0.1, -0.05) is 46.3 Å². The zero-order chi connectivity index (χ0) is 19.7. The van der Waals surface area contributed by atoms with Gasteiger partial charge in [0.05, 0.1) is 17.1 Å². The molecule has 3 unspecified atom stereocenters. The van der Waals surface area contributed by atoms with E-state index < -0.39 is 6.29 Å². The SMILES string of the molecule is Cc1nc(NC2NC(=O)C(Cc3ccc(Br)cc3)C(C)N2)nc2ccccc12. The van der Waals surface area contributed by atoms with Crippen molar-refractivity contribution in [2.45, 2.75) is 32.6 Å². The van der Waals surface area contributed by atoms with Gasteiger partial charge >= 0.3 is 0 Å². The smallest absolute Gasteiger partial charge is 0.227 e. The summed E-state index contributed by atoms with van der Waals surface area (Å²) in [6, 6.07) is 16.0. The lowest BCUT2D eigenvalue weighted by Gasteiger charge is -2.36. The van der Waals surface area contributed by atoms with Crippen LogP contribution in [0.25, 0.3) is 10.9 Å². The molecule has 2 aromatic carbocycles. The Hall–Kier alpha value is -2.51. The fourth-order valence-electron chi connectivity index (χ4n) is 3.55. The van der Waals surface area contributed by atoms with E-state index in [4.69, 9.17) is 0 Å². The quantitative estimate of drug-likeness (QED) is 0.580. The van der Waals surface area contributed by atoms with Crippen LogP contribution >= 0.6 is 15.9 Å². The van der Waals surface area contributed by atoms with Crippen LogP contribution in [0.5, 0.6) is 0 Å². The van der Waals surface area contributed by atoms with Crippen LogP contribution in [-0.4, -0.2) is 28.2 Å². The summed E-state index contributed by atoms with van der Waals surface area (Å²) in [6.07, 6.45) is 0.273. The first-order chi connectivity index (χ1) is 13.5. The molecule has 1 saturated heterocycles. The van der Waals surface area contributed by atoms with Crippen molar-refractivity contribution in [1.82, 2.24) is 20.6 Å². The summed E-state index contributed by atoms with van der Waals surface area (Å²) in [5.74, 6) is 0.371. The highest BCUT2D eigenvalue weighted by atomic mass is 79.9. The molecule has 0 saturated carbocycles. The molecule has 0 spiro atoms. The van der Waals surface area contributed by atoms with Gasteiger partial charge in [-0.25, -0.2) is 9.97 Å². The number of hydrogen-bond donors (Lipinski definition) is 3. The highest BCUT2D eigenvalue weighted by Gasteiger charge is 2.33. The summed E-state index contributed by atoms with van der Waals surface area (Å²) in [4.78, 5) is 21.8. The lowest BCUT2D eigenvalue weighted by molar-refractivity contribution is -0.128. The van der Waals surface area contributed by atoms with Gasteiger partial charge in [0.1, 0.15) is 0 Å². The summed E-state index contributed by atoms with van der Waals surface area (Å²) in [6.45, 7) is 3.99. The molecule has 0 bridgehead atoms. The van der Waals surface area contributed by atoms with Gasteiger partial charge in [-0.15, -0.1) is 0 Å². The van der Waals surface area contributed by atoms with Crippen molar-refractivity contribution in [2.24, 2.45) is 5.92 Å². The highest BCUT2D eigenvalue weighted by Crippen LogP contribution is 2.20. The van der Waals surface area contributed by atoms with Crippen LogP contribution in [0.3, 0.4) is 0 Å². The number of benzene rings is 2. The number of para-hydroxylation sites is 1. The van der Waals surface area contributed by atoms with Crippen LogP contribution in [0.15, 0.2) is 53.0 Å². The first-order valence-corrected chi connectivity index (χ1v) is 10.1. The first-order valence-electron chi connectivity index (χ1n) is 9.30. The Morgan fingerprint density at radius 2 is 1.86 bits per heavy atom. The third kappa shape index (κ3) is 4.00. The standard InChI is InChI=1S/C21H22BrN5O/c1-12-16-5-3-4-6-18(16)25-20(23-12)27-21-24-13(2)17(19(28)26-21)11-14-7-9-15(22)10-8-14/h3-10,13,17,21,24H,11H2,1-2H3,(H,26,28)(H,23,25,27). The summed E-state index contributed by atoms with van der Waals surface area (Å²) < 4.78 is 1.03. The number of carbonyl (C=O) groups is 1. The van der Waals surface area contributed by atoms with Gasteiger partial charge in [-0.3, -0.25) is 10.1 Å². The topological polar surface area (TPSA) is 78.9 Å². The predicted molar refractivity (Wildman–Crippen MR) is 114 cm³/mol. The molecule has 1 fully saturated rings. The molecule has 1 aromatic heterocycles. The zero-order valence-corrected chi connectivity index (χ0v) is 17.3. The molecule has 1 aliphatic rings. The second-order valence-corrected chi connectivity index (χ2v) is 8.04. The molecule has 3 aromatic rings. The summed E-state index contributed by atoms with van der Waals surface area (Å²) >= 11 is 3.44. The number of rotatable bonds is 4. The molecule has 1 amide bonds. The lowest BCUT2D eigenvalue weighted by Crippen LogP contribution is -2.63. The van der Waals surface area contributed by atoms with E-state index in [-0.39, 0.29) is 17.9 Å². The number of hydrogen-bond acceptors (Lipinski definition) is 5. The Labute approximate surface area is 172 Å². The fraction of sp³-hybridized carbons (Fsp3) is 0.286. The maximum absolute atomic E-state index is 12.7. The third-order valence-corrected chi connectivity index (χ3v) is 5.62. The predicted octanol–water partition coefficient (Wildman–Crippen LogP) is 3.36.